The first-order chi connectivity index (χ1) is 10.6. The summed E-state index contributed by atoms with van der Waals surface area (Å²) in [7, 11) is 3.15. The Labute approximate surface area is 130 Å². The van der Waals surface area contributed by atoms with Crippen molar-refractivity contribution in [3.8, 4) is 0 Å². The fourth-order valence-electron chi connectivity index (χ4n) is 4.85. The average Bonchev–Trinajstić information content (AvgIpc) is 2.92. The van der Waals surface area contributed by atoms with E-state index in [-0.39, 0.29) is 23.5 Å². The topological polar surface area (TPSA) is 44.8 Å². The predicted octanol–water partition coefficient (Wildman–Crippen LogP) is 2.30. The van der Waals surface area contributed by atoms with Crippen molar-refractivity contribution in [2.24, 2.45) is 11.8 Å². The highest BCUT2D eigenvalue weighted by Gasteiger charge is 2.74. The van der Waals surface area contributed by atoms with Gasteiger partial charge in [0.1, 0.15) is 0 Å². The van der Waals surface area contributed by atoms with Crippen LogP contribution in [0.2, 0.25) is 0 Å². The Morgan fingerprint density at radius 3 is 2.50 bits per heavy atom. The molecule has 4 aliphatic rings. The molecule has 0 amide bonds. The molecule has 1 aromatic rings. The van der Waals surface area contributed by atoms with Crippen LogP contribution in [0.25, 0.3) is 0 Å². The lowest BCUT2D eigenvalue weighted by molar-refractivity contribution is -0.231. The molecule has 1 heterocycles. The van der Waals surface area contributed by atoms with Crippen molar-refractivity contribution >= 4 is 5.78 Å². The molecule has 4 heteroatoms. The molecule has 1 saturated heterocycles. The van der Waals surface area contributed by atoms with E-state index in [4.69, 9.17) is 14.2 Å². The van der Waals surface area contributed by atoms with Gasteiger partial charge in [-0.15, -0.1) is 0 Å². The second-order valence-electron chi connectivity index (χ2n) is 6.43. The van der Waals surface area contributed by atoms with Crippen molar-refractivity contribution in [3.05, 3.63) is 47.5 Å². The van der Waals surface area contributed by atoms with Gasteiger partial charge in [-0.05, 0) is 18.6 Å². The molecular formula is C18H20O4. The molecular weight excluding hydrogens is 280 g/mol. The van der Waals surface area contributed by atoms with Crippen LogP contribution >= 0.6 is 0 Å². The zero-order chi connectivity index (χ0) is 15.5. The van der Waals surface area contributed by atoms with Crippen LogP contribution in [-0.4, -0.2) is 38.0 Å². The fraction of sp³-hybridized carbons (Fsp3) is 0.500. The standard InChI is InChI=1S/C18H20O4/c1-11-9-17(20-2)15(12-7-5-4-6-8-12)13-10-22-18(21-3,14(11)13)16(17)19/h4-9,13-15H,10H2,1-3H3. The van der Waals surface area contributed by atoms with Crippen LogP contribution in [0.3, 0.4) is 0 Å². The van der Waals surface area contributed by atoms with Gasteiger partial charge in [0.15, 0.2) is 5.60 Å². The minimum Gasteiger partial charge on any atom is -0.365 e. The van der Waals surface area contributed by atoms with Crippen LogP contribution in [0.15, 0.2) is 42.0 Å². The molecule has 22 heavy (non-hydrogen) atoms. The van der Waals surface area contributed by atoms with Crippen LogP contribution in [0.5, 0.6) is 0 Å². The normalized spacial score (nSPS) is 42.6. The van der Waals surface area contributed by atoms with E-state index in [0.29, 0.717) is 6.61 Å². The molecule has 5 unspecified atom stereocenters. The van der Waals surface area contributed by atoms with E-state index in [1.54, 1.807) is 14.2 Å². The summed E-state index contributed by atoms with van der Waals surface area (Å²) in [5.41, 5.74) is 1.24. The van der Waals surface area contributed by atoms with Gasteiger partial charge in [-0.3, -0.25) is 4.79 Å². The zero-order valence-corrected chi connectivity index (χ0v) is 13.0. The molecule has 4 nitrogen and oxygen atoms in total. The quantitative estimate of drug-likeness (QED) is 0.804. The van der Waals surface area contributed by atoms with E-state index in [9.17, 15) is 4.79 Å². The molecule has 116 valence electrons. The monoisotopic (exact) mass is 300 g/mol. The van der Waals surface area contributed by atoms with Gasteiger partial charge in [0.25, 0.3) is 0 Å². The van der Waals surface area contributed by atoms with Gasteiger partial charge in [0.2, 0.25) is 11.6 Å². The van der Waals surface area contributed by atoms with Crippen molar-refractivity contribution in [3.63, 3.8) is 0 Å². The average molecular weight is 300 g/mol. The number of carbonyl (C=O) groups excluding carboxylic acids is 1. The van der Waals surface area contributed by atoms with Gasteiger partial charge in [-0.1, -0.05) is 35.9 Å². The first kappa shape index (κ1) is 14.1. The Balaban J connectivity index is 1.96. The van der Waals surface area contributed by atoms with Gasteiger partial charge < -0.3 is 14.2 Å². The van der Waals surface area contributed by atoms with Crippen LogP contribution in [0.1, 0.15) is 18.4 Å². The molecule has 0 aromatic heterocycles. The Morgan fingerprint density at radius 1 is 1.14 bits per heavy atom. The van der Waals surface area contributed by atoms with Crippen molar-refractivity contribution in [2.45, 2.75) is 24.2 Å². The summed E-state index contributed by atoms with van der Waals surface area (Å²) < 4.78 is 17.4. The van der Waals surface area contributed by atoms with Gasteiger partial charge >= 0.3 is 0 Å². The molecule has 2 fully saturated rings. The Hall–Kier alpha value is -1.49. The number of hydrogen-bond donors (Lipinski definition) is 0. The summed E-state index contributed by atoms with van der Waals surface area (Å²) in [6.45, 7) is 2.56. The van der Waals surface area contributed by atoms with E-state index in [2.05, 4.69) is 12.1 Å². The molecule has 0 radical (unpaired) electrons. The first-order valence-electron chi connectivity index (χ1n) is 7.64. The SMILES string of the molecule is COC12C=C(C)C3C(COC3(OC)C1=O)C2c1ccccc1. The van der Waals surface area contributed by atoms with E-state index < -0.39 is 11.4 Å². The number of carbonyl (C=O) groups is 1. The molecule has 1 aliphatic heterocycles. The number of rotatable bonds is 3. The zero-order valence-electron chi connectivity index (χ0n) is 13.0. The molecule has 0 N–H and O–H groups in total. The van der Waals surface area contributed by atoms with Crippen molar-refractivity contribution in [2.75, 3.05) is 20.8 Å². The van der Waals surface area contributed by atoms with Crippen LogP contribution in [-0.2, 0) is 19.0 Å². The number of ketones is 1. The van der Waals surface area contributed by atoms with Gasteiger partial charge in [-0.2, -0.15) is 0 Å². The number of hydrogen-bond acceptors (Lipinski definition) is 4. The summed E-state index contributed by atoms with van der Waals surface area (Å²) in [6, 6.07) is 10.1. The van der Waals surface area contributed by atoms with E-state index in [0.717, 1.165) is 11.1 Å². The minimum absolute atomic E-state index is 0.0350. The van der Waals surface area contributed by atoms with Gasteiger partial charge in [0.05, 0.1) is 6.61 Å². The van der Waals surface area contributed by atoms with Crippen LogP contribution in [0, 0.1) is 11.8 Å². The molecule has 4 bridgehead atoms. The largest absolute Gasteiger partial charge is 0.365 e. The Kier molecular flexibility index (Phi) is 2.89. The summed E-state index contributed by atoms with van der Waals surface area (Å²) in [4.78, 5) is 13.3. The van der Waals surface area contributed by atoms with E-state index in [1.807, 2.05) is 31.2 Å². The van der Waals surface area contributed by atoms with Crippen molar-refractivity contribution < 1.29 is 19.0 Å². The summed E-state index contributed by atoms with van der Waals surface area (Å²) in [5, 5.41) is 0. The van der Waals surface area contributed by atoms with Crippen LogP contribution < -0.4 is 0 Å². The van der Waals surface area contributed by atoms with Crippen molar-refractivity contribution in [1.29, 1.82) is 0 Å². The predicted molar refractivity (Wildman–Crippen MR) is 80.4 cm³/mol. The molecule has 1 aromatic carbocycles. The second-order valence-corrected chi connectivity index (χ2v) is 6.43. The maximum Gasteiger partial charge on any atom is 0.239 e. The lowest BCUT2D eigenvalue weighted by atomic mass is 9.54. The summed E-state index contributed by atoms with van der Waals surface area (Å²) >= 11 is 0. The maximum atomic E-state index is 13.3. The molecule has 1 saturated carbocycles. The highest BCUT2D eigenvalue weighted by Crippen LogP contribution is 2.62. The summed E-state index contributed by atoms with van der Waals surface area (Å²) in [6.07, 6.45) is 1.99. The second kappa shape index (κ2) is 4.51. The Bertz CT molecular complexity index is 652. The first-order valence-corrected chi connectivity index (χ1v) is 7.64. The third-order valence-corrected chi connectivity index (χ3v) is 5.62. The lowest BCUT2D eigenvalue weighted by Gasteiger charge is -2.54. The molecule has 3 aliphatic carbocycles. The number of methoxy groups -OCH3 is 2. The minimum atomic E-state index is -1.18. The lowest BCUT2D eigenvalue weighted by Crippen LogP contribution is -2.67. The summed E-state index contributed by atoms with van der Waals surface area (Å²) in [5.74, 6) is -1.17. The number of benzene rings is 1. The fourth-order valence-corrected chi connectivity index (χ4v) is 4.85. The number of Topliss-reactive ketones (excluding diaryl/α,β-unsaturated/α-hetero) is 1. The third-order valence-electron chi connectivity index (χ3n) is 5.62. The Morgan fingerprint density at radius 2 is 1.86 bits per heavy atom. The van der Waals surface area contributed by atoms with Gasteiger partial charge in [-0.25, -0.2) is 0 Å². The van der Waals surface area contributed by atoms with Crippen LogP contribution in [0.4, 0.5) is 0 Å². The molecule has 5 atom stereocenters. The number of ether oxygens (including phenoxy) is 3. The third kappa shape index (κ3) is 1.41. The maximum absolute atomic E-state index is 13.3. The highest BCUT2D eigenvalue weighted by molar-refractivity contribution is 6.00. The van der Waals surface area contributed by atoms with E-state index in [1.165, 1.54) is 0 Å². The highest BCUT2D eigenvalue weighted by atomic mass is 16.7. The van der Waals surface area contributed by atoms with Crippen molar-refractivity contribution in [1.82, 2.24) is 0 Å². The van der Waals surface area contributed by atoms with E-state index >= 15 is 0 Å². The molecule has 5 rings (SSSR count). The van der Waals surface area contributed by atoms with Gasteiger partial charge in [0, 0.05) is 32.0 Å². The molecule has 0 spiro atoms. The smallest absolute Gasteiger partial charge is 0.239 e.